The van der Waals surface area contributed by atoms with Gasteiger partial charge in [-0.25, -0.2) is 0 Å². The molecule has 0 fully saturated rings. The van der Waals surface area contributed by atoms with E-state index in [0.717, 1.165) is 10.1 Å². The number of nitrogens with zero attached hydrogens (tertiary/aromatic N) is 2. The van der Waals surface area contributed by atoms with Crippen LogP contribution in [0.3, 0.4) is 0 Å². The van der Waals surface area contributed by atoms with Gasteiger partial charge in [-0.15, -0.1) is 10.2 Å². The minimum atomic E-state index is 0.773. The quantitative estimate of drug-likeness (QED) is 0.651. The fourth-order valence-electron chi connectivity index (χ4n) is 0.383. The second-order valence-electron chi connectivity index (χ2n) is 1.31. The predicted molar refractivity (Wildman–Crippen MR) is 42.2 cm³/mol. The van der Waals surface area contributed by atoms with Crippen LogP contribution in [-0.2, 0) is 0 Å². The second kappa shape index (κ2) is 2.84. The highest BCUT2D eigenvalue weighted by molar-refractivity contribution is 7.79. The van der Waals surface area contributed by atoms with E-state index < -0.39 is 0 Å². The third-order valence-corrected chi connectivity index (χ3v) is 2.02. The highest BCUT2D eigenvalue weighted by Gasteiger charge is 1.95. The van der Waals surface area contributed by atoms with Gasteiger partial charge < -0.3 is 5.32 Å². The molecule has 0 aliphatic heterocycles. The molecule has 9 heavy (non-hydrogen) atoms. The van der Waals surface area contributed by atoms with Gasteiger partial charge in [0.05, 0.1) is 0 Å². The monoisotopic (exact) mass is 159 g/mol. The molecular formula is C4H5N3S2. The Morgan fingerprint density at radius 2 is 2.44 bits per heavy atom. The van der Waals surface area contributed by atoms with Crippen LogP contribution in [0.1, 0.15) is 5.01 Å². The second-order valence-corrected chi connectivity index (χ2v) is 2.56. The van der Waals surface area contributed by atoms with Crippen LogP contribution in [0.15, 0.2) is 0 Å². The fraction of sp³-hybridized carbons (Fsp3) is 0.250. The fourth-order valence-corrected chi connectivity index (χ4v) is 1.09. The SMILES string of the molecule is CNc1nnc(C=S)s1. The summed E-state index contributed by atoms with van der Waals surface area (Å²) in [6.45, 7) is 0. The summed E-state index contributed by atoms with van der Waals surface area (Å²) in [7, 11) is 1.80. The molecule has 1 heterocycles. The van der Waals surface area contributed by atoms with Crippen LogP contribution < -0.4 is 5.32 Å². The van der Waals surface area contributed by atoms with Gasteiger partial charge >= 0.3 is 0 Å². The van der Waals surface area contributed by atoms with Crippen molar-refractivity contribution in [3.63, 3.8) is 0 Å². The third kappa shape index (κ3) is 1.43. The molecule has 0 saturated carbocycles. The summed E-state index contributed by atoms with van der Waals surface area (Å²) in [5, 5.41) is 13.5. The normalized spacial score (nSPS) is 9.00. The van der Waals surface area contributed by atoms with Crippen LogP contribution in [0.4, 0.5) is 5.13 Å². The van der Waals surface area contributed by atoms with Crippen molar-refractivity contribution in [1.82, 2.24) is 10.2 Å². The Morgan fingerprint density at radius 1 is 1.67 bits per heavy atom. The maximum atomic E-state index is 4.63. The van der Waals surface area contributed by atoms with Gasteiger partial charge in [0.25, 0.3) is 0 Å². The smallest absolute Gasteiger partial charge is 0.205 e. The van der Waals surface area contributed by atoms with E-state index in [-0.39, 0.29) is 0 Å². The summed E-state index contributed by atoms with van der Waals surface area (Å²) in [5.74, 6) is 0. The molecule has 0 atom stereocenters. The number of aromatic nitrogens is 2. The molecule has 1 rings (SSSR count). The Kier molecular flexibility index (Phi) is 2.07. The minimum Gasteiger partial charge on any atom is -0.363 e. The van der Waals surface area contributed by atoms with E-state index >= 15 is 0 Å². The number of hydrogen-bond acceptors (Lipinski definition) is 5. The molecule has 1 N–H and O–H groups in total. The van der Waals surface area contributed by atoms with E-state index in [1.165, 1.54) is 16.7 Å². The average molecular weight is 159 g/mol. The Hall–Kier alpha value is -0.550. The first-order valence-corrected chi connectivity index (χ1v) is 3.62. The number of anilines is 1. The number of hydrogen-bond donors (Lipinski definition) is 1. The van der Waals surface area contributed by atoms with Crippen molar-refractivity contribution in [2.75, 3.05) is 12.4 Å². The van der Waals surface area contributed by atoms with Gasteiger partial charge in [-0.05, 0) is 0 Å². The Labute approximate surface area is 62.1 Å². The summed E-state index contributed by atoms with van der Waals surface area (Å²) in [6, 6.07) is 0. The zero-order valence-corrected chi connectivity index (χ0v) is 6.42. The molecular weight excluding hydrogens is 154 g/mol. The lowest BCUT2D eigenvalue weighted by atomic mass is 10.9. The molecule has 5 heteroatoms. The summed E-state index contributed by atoms with van der Waals surface area (Å²) >= 11 is 6.07. The van der Waals surface area contributed by atoms with Crippen LogP contribution in [-0.4, -0.2) is 22.6 Å². The van der Waals surface area contributed by atoms with Crippen molar-refractivity contribution in [2.45, 2.75) is 0 Å². The number of nitrogens with one attached hydrogen (secondary N) is 1. The van der Waals surface area contributed by atoms with E-state index in [1.54, 1.807) is 7.05 Å². The Bertz CT molecular complexity index is 207. The summed E-state index contributed by atoms with van der Waals surface area (Å²) in [4.78, 5) is 0. The zero-order valence-electron chi connectivity index (χ0n) is 4.79. The van der Waals surface area contributed by atoms with E-state index in [9.17, 15) is 0 Å². The molecule has 0 amide bonds. The summed E-state index contributed by atoms with van der Waals surface area (Å²) in [6.07, 6.45) is 0. The van der Waals surface area contributed by atoms with Crippen LogP contribution in [0, 0.1) is 0 Å². The zero-order chi connectivity index (χ0) is 6.69. The molecule has 0 aliphatic carbocycles. The first-order valence-electron chi connectivity index (χ1n) is 2.33. The molecule has 0 spiro atoms. The topological polar surface area (TPSA) is 37.8 Å². The van der Waals surface area contributed by atoms with Crippen molar-refractivity contribution in [2.24, 2.45) is 0 Å². The van der Waals surface area contributed by atoms with E-state index in [4.69, 9.17) is 0 Å². The number of rotatable bonds is 2. The lowest BCUT2D eigenvalue weighted by molar-refractivity contribution is 1.08. The van der Waals surface area contributed by atoms with Crippen molar-refractivity contribution < 1.29 is 0 Å². The van der Waals surface area contributed by atoms with Gasteiger partial charge in [0.1, 0.15) is 0 Å². The molecule has 1 aromatic rings. The van der Waals surface area contributed by atoms with Crippen molar-refractivity contribution in [3.05, 3.63) is 5.01 Å². The van der Waals surface area contributed by atoms with Crippen LogP contribution in [0.5, 0.6) is 0 Å². The first-order chi connectivity index (χ1) is 4.36. The van der Waals surface area contributed by atoms with Crippen molar-refractivity contribution in [3.8, 4) is 0 Å². The third-order valence-electron chi connectivity index (χ3n) is 0.755. The first kappa shape index (κ1) is 6.57. The van der Waals surface area contributed by atoms with E-state index in [2.05, 4.69) is 27.7 Å². The van der Waals surface area contributed by atoms with Gasteiger partial charge in [-0.2, -0.15) is 0 Å². The van der Waals surface area contributed by atoms with Gasteiger partial charge in [-0.3, -0.25) is 0 Å². The minimum absolute atomic E-state index is 0.773. The molecule has 0 radical (unpaired) electrons. The van der Waals surface area contributed by atoms with E-state index in [1.807, 2.05) is 0 Å². The maximum absolute atomic E-state index is 4.63. The van der Waals surface area contributed by atoms with Crippen LogP contribution in [0.25, 0.3) is 0 Å². The molecule has 48 valence electrons. The van der Waals surface area contributed by atoms with Crippen LogP contribution >= 0.6 is 23.6 Å². The van der Waals surface area contributed by atoms with E-state index in [0.29, 0.717) is 0 Å². The Balaban J connectivity index is 2.86. The highest BCUT2D eigenvalue weighted by atomic mass is 32.1. The van der Waals surface area contributed by atoms with Crippen molar-refractivity contribution in [1.29, 1.82) is 0 Å². The molecule has 0 aromatic carbocycles. The molecule has 0 unspecified atom stereocenters. The lowest BCUT2D eigenvalue weighted by Gasteiger charge is -1.82. The number of thiocarbonyl (C=S) groups is 1. The predicted octanol–water partition coefficient (Wildman–Crippen LogP) is 0.928. The van der Waals surface area contributed by atoms with Gasteiger partial charge in [-0.1, -0.05) is 23.6 Å². The maximum Gasteiger partial charge on any atom is 0.205 e. The highest BCUT2D eigenvalue weighted by Crippen LogP contribution is 2.11. The molecule has 3 nitrogen and oxygen atoms in total. The van der Waals surface area contributed by atoms with Gasteiger partial charge in [0.15, 0.2) is 5.01 Å². The average Bonchev–Trinajstić information content (AvgIpc) is 2.34. The van der Waals surface area contributed by atoms with Gasteiger partial charge in [0, 0.05) is 12.4 Å². The molecule has 0 aliphatic rings. The van der Waals surface area contributed by atoms with Gasteiger partial charge in [0.2, 0.25) is 5.13 Å². The molecule has 0 bridgehead atoms. The largest absolute Gasteiger partial charge is 0.363 e. The summed E-state index contributed by atoms with van der Waals surface area (Å²) < 4.78 is 0. The van der Waals surface area contributed by atoms with Crippen LogP contribution in [0.2, 0.25) is 0 Å². The summed E-state index contributed by atoms with van der Waals surface area (Å²) in [5.41, 5.74) is 0. The molecule has 1 aromatic heterocycles. The van der Waals surface area contributed by atoms with Crippen molar-refractivity contribution >= 4 is 34.1 Å². The Morgan fingerprint density at radius 3 is 2.78 bits per heavy atom. The standard InChI is InChI=1S/C4H5N3S2/c1-5-4-7-6-3(2-8)9-4/h2H,1H3,(H,5,7). The lowest BCUT2D eigenvalue weighted by Crippen LogP contribution is -1.84. The molecule has 0 saturated heterocycles.